The summed E-state index contributed by atoms with van der Waals surface area (Å²) in [5, 5.41) is 61.4. The summed E-state index contributed by atoms with van der Waals surface area (Å²) >= 11 is 0.742. The molecule has 5 atom stereocenters. The van der Waals surface area contributed by atoms with E-state index >= 15 is 0 Å². The lowest BCUT2D eigenvalue weighted by Crippen LogP contribution is -2.57. The van der Waals surface area contributed by atoms with Crippen molar-refractivity contribution in [2.45, 2.75) is 29.9 Å². The molecule has 0 amide bonds. The van der Waals surface area contributed by atoms with E-state index in [0.29, 0.717) is 5.56 Å². The van der Waals surface area contributed by atoms with E-state index in [1.54, 1.807) is 0 Å². The second-order valence-electron chi connectivity index (χ2n) is 5.02. The first-order chi connectivity index (χ1) is 11.4. The maximum absolute atomic E-state index is 10.6. The summed E-state index contributed by atoms with van der Waals surface area (Å²) in [5.74, 6) is 0. The van der Waals surface area contributed by atoms with Crippen LogP contribution in [-0.4, -0.2) is 72.1 Å². The molecule has 1 aromatic rings. The fourth-order valence-corrected chi connectivity index (χ4v) is 3.19. The van der Waals surface area contributed by atoms with Crippen LogP contribution in [-0.2, 0) is 4.74 Å². The van der Waals surface area contributed by atoms with Gasteiger partial charge in [-0.25, -0.2) is 0 Å². The van der Waals surface area contributed by atoms with Crippen LogP contribution in [0.4, 0.5) is 5.69 Å². The van der Waals surface area contributed by atoms with E-state index in [1.165, 1.54) is 24.3 Å². The number of hydrogen-bond acceptors (Lipinski definition) is 10. The van der Waals surface area contributed by atoms with Gasteiger partial charge in [0.25, 0.3) is 5.69 Å². The monoisotopic (exact) mass is 360 g/mol. The van der Waals surface area contributed by atoms with Crippen LogP contribution in [0.25, 0.3) is 0 Å². The van der Waals surface area contributed by atoms with Crippen molar-refractivity contribution < 1.29 is 35.3 Å². The minimum atomic E-state index is -1.55. The molecule has 1 fully saturated rings. The van der Waals surface area contributed by atoms with Crippen LogP contribution in [0.3, 0.4) is 0 Å². The van der Waals surface area contributed by atoms with Gasteiger partial charge in [-0.1, -0.05) is 16.9 Å². The number of nitrogens with zero attached hydrogens (tertiary/aromatic N) is 2. The van der Waals surface area contributed by atoms with Crippen LogP contribution in [0, 0.1) is 10.1 Å². The molecule has 24 heavy (non-hydrogen) atoms. The third kappa shape index (κ3) is 3.83. The predicted octanol–water partition coefficient (Wildman–Crippen LogP) is -0.736. The number of oxime groups is 1. The average molecular weight is 360 g/mol. The highest BCUT2D eigenvalue weighted by atomic mass is 32.2. The molecule has 1 saturated heterocycles. The van der Waals surface area contributed by atoms with Crippen molar-refractivity contribution in [1.82, 2.24) is 0 Å². The third-order valence-corrected chi connectivity index (χ3v) is 4.66. The lowest BCUT2D eigenvalue weighted by molar-refractivity contribution is -0.384. The second-order valence-corrected chi connectivity index (χ2v) is 6.11. The van der Waals surface area contributed by atoms with Gasteiger partial charge in [-0.3, -0.25) is 10.1 Å². The van der Waals surface area contributed by atoms with Gasteiger partial charge in [0.2, 0.25) is 0 Å². The molecule has 0 unspecified atom stereocenters. The van der Waals surface area contributed by atoms with E-state index in [1.807, 2.05) is 0 Å². The number of ether oxygens (including phenoxy) is 1. The molecule has 11 heteroatoms. The van der Waals surface area contributed by atoms with Gasteiger partial charge in [-0.2, -0.15) is 0 Å². The minimum absolute atomic E-state index is 0.0192. The van der Waals surface area contributed by atoms with Gasteiger partial charge in [0.15, 0.2) is 0 Å². The van der Waals surface area contributed by atoms with Gasteiger partial charge in [0, 0.05) is 17.7 Å². The van der Waals surface area contributed by atoms with E-state index in [-0.39, 0.29) is 10.7 Å². The molecule has 2 rings (SSSR count). The Morgan fingerprint density at radius 2 is 1.83 bits per heavy atom. The zero-order chi connectivity index (χ0) is 17.9. The molecule has 0 bridgehead atoms. The van der Waals surface area contributed by atoms with Gasteiger partial charge < -0.3 is 30.4 Å². The molecule has 1 heterocycles. The predicted molar refractivity (Wildman–Crippen MR) is 82.8 cm³/mol. The molecule has 10 nitrogen and oxygen atoms in total. The Balaban J connectivity index is 2.16. The van der Waals surface area contributed by atoms with Crippen LogP contribution in [0.2, 0.25) is 0 Å². The largest absolute Gasteiger partial charge is 0.410 e. The van der Waals surface area contributed by atoms with Crippen molar-refractivity contribution in [3.63, 3.8) is 0 Å². The zero-order valence-electron chi connectivity index (χ0n) is 12.2. The summed E-state index contributed by atoms with van der Waals surface area (Å²) < 4.78 is 5.30. The highest BCUT2D eigenvalue weighted by Crippen LogP contribution is 2.31. The molecule has 0 saturated carbocycles. The molecule has 0 aromatic heterocycles. The Morgan fingerprint density at radius 3 is 2.33 bits per heavy atom. The molecule has 0 radical (unpaired) electrons. The highest BCUT2D eigenvalue weighted by Gasteiger charge is 2.44. The van der Waals surface area contributed by atoms with E-state index in [4.69, 9.17) is 15.1 Å². The molecule has 1 aliphatic rings. The number of hydrogen-bond donors (Lipinski definition) is 5. The first-order valence-corrected chi connectivity index (χ1v) is 7.71. The zero-order valence-corrected chi connectivity index (χ0v) is 13.0. The van der Waals surface area contributed by atoms with Crippen LogP contribution in [0.15, 0.2) is 29.4 Å². The van der Waals surface area contributed by atoms with Gasteiger partial charge in [0.05, 0.1) is 11.5 Å². The van der Waals surface area contributed by atoms with Gasteiger partial charge in [0.1, 0.15) is 34.9 Å². The first kappa shape index (κ1) is 18.6. The number of aliphatic hydroxyl groups excluding tert-OH is 4. The number of benzene rings is 1. The standard InChI is InChI=1S/C13H16N2O8S/c16-5-8-9(17)10(18)11(19)13(23-8)24-12(14-20)6-1-3-7(4-2-6)15(21)22/h1-4,8-11,13,16-20H,5H2/b14-12-/t8-,9-,10+,11-,13+/m1/s1. The van der Waals surface area contributed by atoms with Crippen LogP contribution in [0.5, 0.6) is 0 Å². The molecular weight excluding hydrogens is 344 g/mol. The molecule has 1 aromatic carbocycles. The fourth-order valence-electron chi connectivity index (χ4n) is 2.15. The molecule has 5 N–H and O–H groups in total. The summed E-state index contributed by atoms with van der Waals surface area (Å²) in [6.07, 6.45) is -5.62. The van der Waals surface area contributed by atoms with Crippen molar-refractivity contribution >= 4 is 22.5 Å². The van der Waals surface area contributed by atoms with Gasteiger partial charge >= 0.3 is 0 Å². The maximum Gasteiger partial charge on any atom is 0.269 e. The normalized spacial score (nSPS) is 31.0. The number of nitro benzene ring substituents is 1. The van der Waals surface area contributed by atoms with Gasteiger partial charge in [-0.05, 0) is 12.1 Å². The molecule has 0 aliphatic carbocycles. The Morgan fingerprint density at radius 1 is 1.21 bits per heavy atom. The number of aliphatic hydroxyl groups is 4. The summed E-state index contributed by atoms with van der Waals surface area (Å²) in [4.78, 5) is 10.1. The Kier molecular flexibility index (Phi) is 6.10. The fraction of sp³-hybridized carbons (Fsp3) is 0.462. The third-order valence-electron chi connectivity index (χ3n) is 3.49. The van der Waals surface area contributed by atoms with Crippen molar-refractivity contribution in [1.29, 1.82) is 0 Å². The SMILES string of the molecule is O=[N+]([O-])c1ccc(/C(=N/O)S[C@@H]2O[C@H](CO)[C@@H](O)[C@H](O)[C@H]2O)cc1. The summed E-state index contributed by atoms with van der Waals surface area (Å²) in [7, 11) is 0. The van der Waals surface area contributed by atoms with Crippen molar-refractivity contribution in [2.24, 2.45) is 5.16 Å². The second kappa shape index (κ2) is 7.88. The Labute approximate surface area is 140 Å². The molecule has 0 spiro atoms. The smallest absolute Gasteiger partial charge is 0.269 e. The topological polar surface area (TPSA) is 166 Å². The van der Waals surface area contributed by atoms with E-state index in [9.17, 15) is 25.4 Å². The molecule has 132 valence electrons. The van der Waals surface area contributed by atoms with Crippen LogP contribution in [0.1, 0.15) is 5.56 Å². The lowest BCUT2D eigenvalue weighted by atomic mass is 10.0. The Bertz CT molecular complexity index is 608. The quantitative estimate of drug-likeness (QED) is 0.153. The van der Waals surface area contributed by atoms with Crippen LogP contribution < -0.4 is 0 Å². The van der Waals surface area contributed by atoms with E-state index in [0.717, 1.165) is 11.8 Å². The number of nitro groups is 1. The number of rotatable bonds is 4. The van der Waals surface area contributed by atoms with E-state index < -0.39 is 41.4 Å². The van der Waals surface area contributed by atoms with Crippen molar-refractivity contribution in [2.75, 3.05) is 6.61 Å². The van der Waals surface area contributed by atoms with Crippen LogP contribution >= 0.6 is 11.8 Å². The summed E-state index contributed by atoms with van der Waals surface area (Å²) in [6.45, 7) is -0.578. The van der Waals surface area contributed by atoms with Crippen molar-refractivity contribution in [3.05, 3.63) is 39.9 Å². The van der Waals surface area contributed by atoms with Crippen molar-refractivity contribution in [3.8, 4) is 0 Å². The minimum Gasteiger partial charge on any atom is -0.410 e. The molecular formula is C13H16N2O8S. The number of non-ortho nitro benzene ring substituents is 1. The van der Waals surface area contributed by atoms with E-state index in [2.05, 4.69) is 5.16 Å². The first-order valence-electron chi connectivity index (χ1n) is 6.83. The summed E-state index contributed by atoms with van der Waals surface area (Å²) in [5.41, 5.74) is -0.944. The maximum atomic E-state index is 10.6. The lowest BCUT2D eigenvalue weighted by Gasteiger charge is -2.39. The average Bonchev–Trinajstić information content (AvgIpc) is 2.59. The number of thioether (sulfide) groups is 1. The molecule has 1 aliphatic heterocycles. The summed E-state index contributed by atoms with van der Waals surface area (Å²) in [6, 6.07) is 5.14. The highest BCUT2D eigenvalue weighted by molar-refractivity contribution is 8.14. The van der Waals surface area contributed by atoms with Gasteiger partial charge in [-0.15, -0.1) is 0 Å². The Hall–Kier alpha value is -1.76.